The third kappa shape index (κ3) is 4.38. The Balaban J connectivity index is 1.22. The van der Waals surface area contributed by atoms with Crippen molar-refractivity contribution in [3.8, 4) is 51.0 Å². The van der Waals surface area contributed by atoms with Crippen LogP contribution in [0.3, 0.4) is 0 Å². The lowest BCUT2D eigenvalue weighted by Gasteiger charge is -2.21. The summed E-state index contributed by atoms with van der Waals surface area (Å²) >= 11 is 1.80. The van der Waals surface area contributed by atoms with Gasteiger partial charge in [-0.3, -0.25) is 0 Å². The monoisotopic (exact) mass is 696 g/mol. The zero-order valence-electron chi connectivity index (χ0n) is 29.2. The van der Waals surface area contributed by atoms with Crippen LogP contribution in [-0.2, 0) is 5.41 Å². The second kappa shape index (κ2) is 11.3. The third-order valence-electron chi connectivity index (χ3n) is 11.1. The first-order chi connectivity index (χ1) is 26.1. The van der Waals surface area contributed by atoms with Crippen molar-refractivity contribution >= 4 is 53.3 Å². The molecule has 3 aromatic heterocycles. The second-order valence-electron chi connectivity index (χ2n) is 14.4. The van der Waals surface area contributed by atoms with E-state index in [0.29, 0.717) is 17.5 Å². The van der Waals surface area contributed by atoms with Crippen LogP contribution in [0.15, 0.2) is 158 Å². The van der Waals surface area contributed by atoms with Crippen LogP contribution in [0.5, 0.6) is 0 Å². The summed E-state index contributed by atoms with van der Waals surface area (Å²) in [6.45, 7) is 4.63. The Labute approximate surface area is 310 Å². The van der Waals surface area contributed by atoms with Crippen molar-refractivity contribution in [2.24, 2.45) is 0 Å². The molecule has 53 heavy (non-hydrogen) atoms. The van der Waals surface area contributed by atoms with Gasteiger partial charge in [-0.1, -0.05) is 135 Å². The quantitative estimate of drug-likeness (QED) is 0.184. The van der Waals surface area contributed by atoms with Crippen LogP contribution < -0.4 is 0 Å². The lowest BCUT2D eigenvalue weighted by atomic mass is 9.82. The average molecular weight is 697 g/mol. The van der Waals surface area contributed by atoms with E-state index in [1.165, 1.54) is 53.2 Å². The molecule has 10 aromatic rings. The average Bonchev–Trinajstić information content (AvgIpc) is 3.83. The molecule has 0 N–H and O–H groups in total. The predicted molar refractivity (Wildman–Crippen MR) is 221 cm³/mol. The second-order valence-corrected chi connectivity index (χ2v) is 15.4. The van der Waals surface area contributed by atoms with Crippen molar-refractivity contribution < 1.29 is 0 Å². The van der Waals surface area contributed by atoms with Gasteiger partial charge in [0.1, 0.15) is 0 Å². The van der Waals surface area contributed by atoms with E-state index in [9.17, 15) is 0 Å². The molecule has 3 heterocycles. The van der Waals surface area contributed by atoms with Gasteiger partial charge in [-0.15, -0.1) is 11.3 Å². The zero-order valence-corrected chi connectivity index (χ0v) is 30.0. The minimum absolute atomic E-state index is 0.146. The molecule has 0 unspecified atom stereocenters. The van der Waals surface area contributed by atoms with Crippen LogP contribution in [0.1, 0.15) is 25.0 Å². The number of fused-ring (bicyclic) bond motifs is 9. The predicted octanol–water partition coefficient (Wildman–Crippen LogP) is 12.6. The van der Waals surface area contributed by atoms with Crippen LogP contribution in [0.2, 0.25) is 0 Å². The molecule has 0 aliphatic heterocycles. The molecule has 4 nitrogen and oxygen atoms in total. The van der Waals surface area contributed by atoms with E-state index in [1.54, 1.807) is 11.3 Å². The van der Waals surface area contributed by atoms with Crippen LogP contribution >= 0.6 is 11.3 Å². The largest absolute Gasteiger partial charge is 0.309 e. The Hall–Kier alpha value is -6.43. The number of rotatable bonds is 4. The molecule has 0 saturated heterocycles. The van der Waals surface area contributed by atoms with Crippen LogP contribution in [-0.4, -0.2) is 19.5 Å². The summed E-state index contributed by atoms with van der Waals surface area (Å²) in [7, 11) is 0. The van der Waals surface area contributed by atoms with Gasteiger partial charge in [0.05, 0.1) is 16.7 Å². The number of hydrogen-bond acceptors (Lipinski definition) is 4. The molecule has 0 saturated carbocycles. The molecular weight excluding hydrogens is 665 g/mol. The molecule has 0 radical (unpaired) electrons. The van der Waals surface area contributed by atoms with Gasteiger partial charge in [0, 0.05) is 53.1 Å². The van der Waals surface area contributed by atoms with Crippen molar-refractivity contribution in [2.45, 2.75) is 19.3 Å². The first kappa shape index (κ1) is 30.2. The smallest absolute Gasteiger partial charge is 0.166 e. The van der Waals surface area contributed by atoms with Crippen LogP contribution in [0.25, 0.3) is 93.0 Å². The van der Waals surface area contributed by atoms with E-state index in [0.717, 1.165) is 33.4 Å². The topological polar surface area (TPSA) is 43.6 Å². The number of nitrogens with zero attached hydrogens (tertiary/aromatic N) is 4. The van der Waals surface area contributed by atoms with E-state index in [2.05, 4.69) is 176 Å². The van der Waals surface area contributed by atoms with Gasteiger partial charge >= 0.3 is 0 Å². The summed E-state index contributed by atoms with van der Waals surface area (Å²) < 4.78 is 4.78. The first-order valence-electron chi connectivity index (χ1n) is 18.0. The van der Waals surface area contributed by atoms with Gasteiger partial charge in [0.2, 0.25) is 0 Å². The van der Waals surface area contributed by atoms with Crippen molar-refractivity contribution in [3.05, 3.63) is 169 Å². The number of aromatic nitrogens is 4. The Kier molecular flexibility index (Phi) is 6.43. The summed E-state index contributed by atoms with van der Waals surface area (Å²) in [6, 6.07) is 56.3. The standard InChI is InChI=1S/C48H32N4S/c1-48(2)37-23-8-3-18-33(37)43-35(21-14-24-38(43)48)46-49-45(50-47(51-46)36-22-13-20-32-31-17-7-12-28-42(31)53-44(32)36)34-19-6-11-27-41(34)52-39-25-9-4-15-29(39)30-16-5-10-26-40(30)52/h3-28H,1-2H3. The number of hydrogen-bond donors (Lipinski definition) is 0. The Morgan fingerprint density at radius 1 is 0.434 bits per heavy atom. The SMILES string of the molecule is CC1(C)c2ccccc2-c2c(-c3nc(-c4ccccc4-n4c5ccccc5c5ccccc54)nc(-c4cccc5c4sc4ccccc45)n3)cccc21. The summed E-state index contributed by atoms with van der Waals surface area (Å²) in [6.07, 6.45) is 0. The highest BCUT2D eigenvalue weighted by Gasteiger charge is 2.37. The molecule has 1 aliphatic rings. The molecule has 11 rings (SSSR count). The molecule has 0 spiro atoms. The van der Waals surface area contributed by atoms with Crippen molar-refractivity contribution in [2.75, 3.05) is 0 Å². The lowest BCUT2D eigenvalue weighted by Crippen LogP contribution is -2.14. The molecule has 250 valence electrons. The molecular formula is C48H32N4S. The van der Waals surface area contributed by atoms with Crippen molar-refractivity contribution in [1.29, 1.82) is 0 Å². The van der Waals surface area contributed by atoms with Crippen LogP contribution in [0.4, 0.5) is 0 Å². The lowest BCUT2D eigenvalue weighted by molar-refractivity contribution is 0.660. The maximum Gasteiger partial charge on any atom is 0.166 e. The third-order valence-corrected chi connectivity index (χ3v) is 12.3. The number of para-hydroxylation sites is 3. The molecule has 0 amide bonds. The first-order valence-corrected chi connectivity index (χ1v) is 18.9. The Morgan fingerprint density at radius 3 is 1.72 bits per heavy atom. The number of benzene rings is 7. The minimum atomic E-state index is -0.146. The molecule has 5 heteroatoms. The van der Waals surface area contributed by atoms with Crippen LogP contribution in [0, 0.1) is 0 Å². The summed E-state index contributed by atoms with van der Waals surface area (Å²) in [5.41, 5.74) is 11.2. The molecule has 1 aliphatic carbocycles. The van der Waals surface area contributed by atoms with Gasteiger partial charge in [-0.2, -0.15) is 0 Å². The summed E-state index contributed by atoms with van der Waals surface area (Å²) in [5.74, 6) is 1.98. The summed E-state index contributed by atoms with van der Waals surface area (Å²) in [5, 5.41) is 4.90. The molecule has 0 atom stereocenters. The van der Waals surface area contributed by atoms with Crippen molar-refractivity contribution in [3.63, 3.8) is 0 Å². The van der Waals surface area contributed by atoms with E-state index in [-0.39, 0.29) is 5.41 Å². The fourth-order valence-corrected chi connectivity index (χ4v) is 9.85. The highest BCUT2D eigenvalue weighted by Crippen LogP contribution is 2.52. The fourth-order valence-electron chi connectivity index (χ4n) is 8.64. The van der Waals surface area contributed by atoms with E-state index >= 15 is 0 Å². The zero-order chi connectivity index (χ0) is 35.3. The Bertz CT molecular complexity index is 3060. The number of thiophene rings is 1. The van der Waals surface area contributed by atoms with E-state index in [1.807, 2.05) is 0 Å². The van der Waals surface area contributed by atoms with Crippen molar-refractivity contribution in [1.82, 2.24) is 19.5 Å². The van der Waals surface area contributed by atoms with Gasteiger partial charge in [-0.05, 0) is 58.7 Å². The normalized spacial score (nSPS) is 13.2. The van der Waals surface area contributed by atoms with Gasteiger partial charge < -0.3 is 4.57 Å². The molecule has 0 bridgehead atoms. The maximum absolute atomic E-state index is 5.42. The minimum Gasteiger partial charge on any atom is -0.309 e. The highest BCUT2D eigenvalue weighted by atomic mass is 32.1. The van der Waals surface area contributed by atoms with Gasteiger partial charge in [-0.25, -0.2) is 15.0 Å². The summed E-state index contributed by atoms with van der Waals surface area (Å²) in [4.78, 5) is 16.2. The maximum atomic E-state index is 5.42. The molecule has 0 fully saturated rings. The Morgan fingerprint density at radius 2 is 0.943 bits per heavy atom. The highest BCUT2D eigenvalue weighted by molar-refractivity contribution is 7.26. The fraction of sp³-hybridized carbons (Fsp3) is 0.0625. The van der Waals surface area contributed by atoms with Gasteiger partial charge in [0.25, 0.3) is 0 Å². The van der Waals surface area contributed by atoms with E-state index in [4.69, 9.17) is 15.0 Å². The van der Waals surface area contributed by atoms with Gasteiger partial charge in [0.15, 0.2) is 17.5 Å². The molecule has 7 aromatic carbocycles. The van der Waals surface area contributed by atoms with E-state index < -0.39 is 0 Å².